The molecule has 0 aliphatic carbocycles. The van der Waals surface area contributed by atoms with Crippen LogP contribution in [0.5, 0.6) is 5.75 Å². The monoisotopic (exact) mass is 211 g/mol. The van der Waals surface area contributed by atoms with Gasteiger partial charge in [-0.3, -0.25) is 4.84 Å². The van der Waals surface area contributed by atoms with Crippen molar-refractivity contribution < 1.29 is 19.1 Å². The van der Waals surface area contributed by atoms with Crippen LogP contribution in [0.25, 0.3) is 0 Å². The minimum Gasteiger partial charge on any atom is -0.409 e. The van der Waals surface area contributed by atoms with Crippen LogP contribution in [-0.4, -0.2) is 26.4 Å². The first-order valence-corrected chi connectivity index (χ1v) is 4.46. The van der Waals surface area contributed by atoms with Crippen molar-refractivity contribution in [3.8, 4) is 5.75 Å². The fraction of sp³-hybridized carbons (Fsp3) is 0.300. The zero-order valence-corrected chi connectivity index (χ0v) is 8.43. The van der Waals surface area contributed by atoms with Crippen LogP contribution in [0.4, 0.5) is 4.79 Å². The first-order valence-electron chi connectivity index (χ1n) is 4.46. The smallest absolute Gasteiger partial charge is 0.409 e. The number of rotatable bonds is 5. The summed E-state index contributed by atoms with van der Waals surface area (Å²) < 4.78 is 9.60. The molecule has 1 aromatic rings. The van der Waals surface area contributed by atoms with Gasteiger partial charge in [0.15, 0.2) is 0 Å². The largest absolute Gasteiger partial charge is 0.436 e. The van der Waals surface area contributed by atoms with Crippen LogP contribution in [0.3, 0.4) is 0 Å². The second-order valence-electron chi connectivity index (χ2n) is 2.65. The van der Waals surface area contributed by atoms with Crippen molar-refractivity contribution in [2.45, 2.75) is 0 Å². The van der Waals surface area contributed by atoms with Gasteiger partial charge in [0.25, 0.3) is 0 Å². The zero-order chi connectivity index (χ0) is 10.9. The minimum atomic E-state index is -0.655. The summed E-state index contributed by atoms with van der Waals surface area (Å²) in [6, 6.07) is 8.73. The lowest BCUT2D eigenvalue weighted by molar-refractivity contribution is 0.0143. The van der Waals surface area contributed by atoms with Crippen molar-refractivity contribution >= 4 is 6.09 Å². The Morgan fingerprint density at radius 2 is 2.00 bits per heavy atom. The van der Waals surface area contributed by atoms with Crippen LogP contribution in [-0.2, 0) is 9.57 Å². The van der Waals surface area contributed by atoms with Gasteiger partial charge in [-0.05, 0) is 12.1 Å². The van der Waals surface area contributed by atoms with Crippen LogP contribution < -0.4 is 10.2 Å². The molecule has 0 radical (unpaired) electrons. The summed E-state index contributed by atoms with van der Waals surface area (Å²) in [4.78, 5) is 15.8. The van der Waals surface area contributed by atoms with E-state index in [0.29, 0.717) is 12.4 Å². The van der Waals surface area contributed by atoms with Gasteiger partial charge in [-0.25, -0.2) is 4.79 Å². The van der Waals surface area contributed by atoms with Gasteiger partial charge < -0.3 is 9.47 Å². The predicted octanol–water partition coefficient (Wildman–Crippen LogP) is 1.35. The molecule has 82 valence electrons. The maximum absolute atomic E-state index is 11.1. The predicted molar refractivity (Wildman–Crippen MR) is 53.4 cm³/mol. The number of carbonyl (C=O) groups excluding carboxylic acids is 1. The number of methoxy groups -OCH3 is 1. The van der Waals surface area contributed by atoms with Gasteiger partial charge in [0.1, 0.15) is 5.75 Å². The summed E-state index contributed by atoms with van der Waals surface area (Å²) in [5.74, 6) is 0.463. The molecule has 0 aliphatic heterocycles. The van der Waals surface area contributed by atoms with Gasteiger partial charge in [-0.15, -0.1) is 0 Å². The van der Waals surface area contributed by atoms with Crippen molar-refractivity contribution in [1.82, 2.24) is 5.48 Å². The summed E-state index contributed by atoms with van der Waals surface area (Å²) in [5.41, 5.74) is 2.12. The van der Waals surface area contributed by atoms with Crippen LogP contribution in [0, 0.1) is 0 Å². The Kier molecular flexibility index (Phi) is 5.21. The molecule has 1 N–H and O–H groups in total. The van der Waals surface area contributed by atoms with Crippen LogP contribution >= 0.6 is 0 Å². The molecule has 0 atom stereocenters. The number of benzene rings is 1. The summed E-state index contributed by atoms with van der Waals surface area (Å²) in [7, 11) is 1.55. The van der Waals surface area contributed by atoms with Crippen molar-refractivity contribution in [2.75, 3.05) is 20.3 Å². The minimum absolute atomic E-state index is 0.278. The summed E-state index contributed by atoms with van der Waals surface area (Å²) in [6.45, 7) is 0.687. The average Bonchev–Trinajstić information content (AvgIpc) is 2.26. The molecule has 0 aliphatic rings. The van der Waals surface area contributed by atoms with Gasteiger partial charge in [0.05, 0.1) is 13.2 Å². The molecule has 0 heterocycles. The fourth-order valence-electron chi connectivity index (χ4n) is 0.851. The maximum atomic E-state index is 11.1. The summed E-state index contributed by atoms with van der Waals surface area (Å²) in [5, 5.41) is 0. The second-order valence-corrected chi connectivity index (χ2v) is 2.65. The SMILES string of the molecule is COCCONC(=O)Oc1ccccc1. The molecule has 0 saturated carbocycles. The van der Waals surface area contributed by atoms with Crippen molar-refractivity contribution in [2.24, 2.45) is 0 Å². The normalized spacial score (nSPS) is 9.67. The Bertz CT molecular complexity index is 289. The molecule has 1 amide bonds. The fourth-order valence-corrected chi connectivity index (χ4v) is 0.851. The summed E-state index contributed by atoms with van der Waals surface area (Å²) in [6.07, 6.45) is -0.655. The number of carbonyl (C=O) groups is 1. The molecule has 0 spiro atoms. The average molecular weight is 211 g/mol. The van der Waals surface area contributed by atoms with Crippen molar-refractivity contribution in [3.63, 3.8) is 0 Å². The highest BCUT2D eigenvalue weighted by Crippen LogP contribution is 2.07. The standard InChI is InChI=1S/C10H13NO4/c1-13-7-8-14-11-10(12)15-9-5-3-2-4-6-9/h2-6H,7-8H2,1H3,(H,11,12). The van der Waals surface area contributed by atoms with Crippen LogP contribution in [0.1, 0.15) is 0 Å². The number of amides is 1. The molecule has 0 fully saturated rings. The first-order chi connectivity index (χ1) is 7.33. The third-order valence-electron chi connectivity index (χ3n) is 1.50. The number of nitrogens with one attached hydrogen (secondary N) is 1. The van der Waals surface area contributed by atoms with Gasteiger partial charge in [0.2, 0.25) is 0 Å². The lowest BCUT2D eigenvalue weighted by Gasteiger charge is -2.05. The van der Waals surface area contributed by atoms with E-state index in [0.717, 1.165) is 0 Å². The number of para-hydroxylation sites is 1. The van der Waals surface area contributed by atoms with E-state index in [1.165, 1.54) is 0 Å². The molecule has 1 rings (SSSR count). The van der Waals surface area contributed by atoms with E-state index in [1.807, 2.05) is 6.07 Å². The van der Waals surface area contributed by atoms with E-state index < -0.39 is 6.09 Å². The third kappa shape index (κ3) is 4.99. The Hall–Kier alpha value is -1.59. The van der Waals surface area contributed by atoms with Gasteiger partial charge in [0, 0.05) is 7.11 Å². The van der Waals surface area contributed by atoms with E-state index in [9.17, 15) is 4.79 Å². The third-order valence-corrected chi connectivity index (χ3v) is 1.50. The van der Waals surface area contributed by atoms with Crippen molar-refractivity contribution in [3.05, 3.63) is 30.3 Å². The highest BCUT2D eigenvalue weighted by atomic mass is 16.7. The molecule has 0 aromatic heterocycles. The topological polar surface area (TPSA) is 56.8 Å². The number of ether oxygens (including phenoxy) is 2. The molecule has 5 heteroatoms. The zero-order valence-electron chi connectivity index (χ0n) is 8.43. The highest BCUT2D eigenvalue weighted by Gasteiger charge is 2.02. The highest BCUT2D eigenvalue weighted by molar-refractivity contribution is 5.68. The molecule has 0 unspecified atom stereocenters. The quantitative estimate of drug-likeness (QED) is 0.590. The molecular formula is C10H13NO4. The Labute approximate surface area is 87.9 Å². The lowest BCUT2D eigenvalue weighted by Crippen LogP contribution is -2.28. The molecule has 15 heavy (non-hydrogen) atoms. The van der Waals surface area contributed by atoms with Gasteiger partial charge in [-0.1, -0.05) is 18.2 Å². The van der Waals surface area contributed by atoms with Gasteiger partial charge >= 0.3 is 6.09 Å². The van der Waals surface area contributed by atoms with E-state index >= 15 is 0 Å². The van der Waals surface area contributed by atoms with Crippen LogP contribution in [0.15, 0.2) is 30.3 Å². The summed E-state index contributed by atoms with van der Waals surface area (Å²) >= 11 is 0. The molecule has 1 aromatic carbocycles. The van der Waals surface area contributed by atoms with E-state index in [4.69, 9.17) is 14.3 Å². The molecule has 0 bridgehead atoms. The molecule has 0 saturated heterocycles. The number of hydrogen-bond acceptors (Lipinski definition) is 4. The lowest BCUT2D eigenvalue weighted by atomic mass is 10.3. The van der Waals surface area contributed by atoms with Gasteiger partial charge in [-0.2, -0.15) is 5.48 Å². The van der Waals surface area contributed by atoms with Crippen LogP contribution in [0.2, 0.25) is 0 Å². The van der Waals surface area contributed by atoms with Crippen molar-refractivity contribution in [1.29, 1.82) is 0 Å². The van der Waals surface area contributed by atoms with E-state index in [1.54, 1.807) is 31.4 Å². The molecule has 5 nitrogen and oxygen atoms in total. The Morgan fingerprint density at radius 1 is 1.27 bits per heavy atom. The number of hydroxylamine groups is 1. The van der Waals surface area contributed by atoms with E-state index in [2.05, 4.69) is 5.48 Å². The van der Waals surface area contributed by atoms with E-state index in [-0.39, 0.29) is 6.61 Å². The number of hydrogen-bond donors (Lipinski definition) is 1. The Morgan fingerprint density at radius 3 is 2.67 bits per heavy atom. The Balaban J connectivity index is 2.19. The maximum Gasteiger partial charge on any atom is 0.436 e. The molecular weight excluding hydrogens is 198 g/mol. The first kappa shape index (κ1) is 11.5. The second kappa shape index (κ2) is 6.80.